The average molecular weight is 421 g/mol. The molecule has 1 aromatic heterocycles. The number of benzene rings is 2. The second kappa shape index (κ2) is 7.42. The van der Waals surface area contributed by atoms with Gasteiger partial charge in [-0.25, -0.2) is 4.68 Å². The van der Waals surface area contributed by atoms with E-state index in [4.69, 9.17) is 9.47 Å². The standard InChI is InChI=1S/C21H19N5O3S/c1-12-17(19(27)23-14-6-4-3-5-7-14)18(26-20(22-12)24-21(25-26)30-2)13-8-9-15-16(10-13)29-11-28-15/h3-10,18H,11H2,1-2H3,(H,23,27)(H,22,24,25). The lowest BCUT2D eigenvalue weighted by atomic mass is 9.94. The number of nitrogens with one attached hydrogen (secondary N) is 2. The van der Waals surface area contributed by atoms with Crippen LogP contribution in [0.15, 0.2) is 65.0 Å². The molecule has 2 aliphatic rings. The number of amides is 1. The largest absolute Gasteiger partial charge is 0.454 e. The zero-order valence-electron chi connectivity index (χ0n) is 16.4. The third-order valence-electron chi connectivity index (χ3n) is 5.00. The van der Waals surface area contributed by atoms with Gasteiger partial charge in [0.1, 0.15) is 6.04 Å². The maximum Gasteiger partial charge on any atom is 0.255 e. The number of carbonyl (C=O) groups is 1. The lowest BCUT2D eigenvalue weighted by molar-refractivity contribution is -0.113. The molecule has 1 atom stereocenters. The highest BCUT2D eigenvalue weighted by Gasteiger charge is 2.35. The van der Waals surface area contributed by atoms with E-state index in [1.165, 1.54) is 11.8 Å². The average Bonchev–Trinajstić information content (AvgIpc) is 3.39. The van der Waals surface area contributed by atoms with Crippen molar-refractivity contribution in [2.45, 2.75) is 18.1 Å². The molecule has 1 unspecified atom stereocenters. The van der Waals surface area contributed by atoms with Crippen LogP contribution in [0, 0.1) is 0 Å². The molecular formula is C21H19N5O3S. The maximum absolute atomic E-state index is 13.3. The van der Waals surface area contributed by atoms with Crippen molar-refractivity contribution in [3.8, 4) is 11.5 Å². The van der Waals surface area contributed by atoms with E-state index in [-0.39, 0.29) is 12.7 Å². The summed E-state index contributed by atoms with van der Waals surface area (Å²) in [6.45, 7) is 2.06. The number of nitrogens with zero attached hydrogens (tertiary/aromatic N) is 3. The Morgan fingerprint density at radius 3 is 2.80 bits per heavy atom. The Bertz CT molecular complexity index is 1160. The number of hydrogen-bond acceptors (Lipinski definition) is 7. The summed E-state index contributed by atoms with van der Waals surface area (Å²) >= 11 is 1.45. The Morgan fingerprint density at radius 2 is 2.00 bits per heavy atom. The van der Waals surface area contributed by atoms with Gasteiger partial charge in [0.2, 0.25) is 17.9 Å². The fourth-order valence-electron chi connectivity index (χ4n) is 3.62. The smallest absolute Gasteiger partial charge is 0.255 e. The lowest BCUT2D eigenvalue weighted by Gasteiger charge is -2.28. The van der Waals surface area contributed by atoms with Crippen LogP contribution in [-0.2, 0) is 4.79 Å². The molecule has 8 nitrogen and oxygen atoms in total. The molecule has 0 saturated heterocycles. The van der Waals surface area contributed by atoms with Crippen LogP contribution < -0.4 is 20.1 Å². The van der Waals surface area contributed by atoms with Crippen molar-refractivity contribution >= 4 is 29.3 Å². The van der Waals surface area contributed by atoms with Gasteiger partial charge >= 0.3 is 0 Å². The highest BCUT2D eigenvalue weighted by Crippen LogP contribution is 2.40. The lowest BCUT2D eigenvalue weighted by Crippen LogP contribution is -2.31. The molecule has 0 aliphatic carbocycles. The van der Waals surface area contributed by atoms with E-state index < -0.39 is 6.04 Å². The summed E-state index contributed by atoms with van der Waals surface area (Å²) in [5.74, 6) is 1.72. The molecule has 152 valence electrons. The molecule has 0 fully saturated rings. The van der Waals surface area contributed by atoms with Gasteiger partial charge in [0.25, 0.3) is 5.91 Å². The van der Waals surface area contributed by atoms with Crippen molar-refractivity contribution in [3.63, 3.8) is 0 Å². The highest BCUT2D eigenvalue weighted by molar-refractivity contribution is 7.98. The zero-order valence-corrected chi connectivity index (χ0v) is 17.2. The number of fused-ring (bicyclic) bond motifs is 2. The Kier molecular flexibility index (Phi) is 4.59. The molecular weight excluding hydrogens is 402 g/mol. The van der Waals surface area contributed by atoms with Crippen molar-refractivity contribution < 1.29 is 14.3 Å². The maximum atomic E-state index is 13.3. The quantitative estimate of drug-likeness (QED) is 0.622. The topological polar surface area (TPSA) is 90.3 Å². The van der Waals surface area contributed by atoms with E-state index in [2.05, 4.69) is 20.7 Å². The van der Waals surface area contributed by atoms with Crippen LogP contribution in [0.3, 0.4) is 0 Å². The van der Waals surface area contributed by atoms with Gasteiger partial charge in [0.05, 0.1) is 5.57 Å². The predicted molar refractivity (Wildman–Crippen MR) is 114 cm³/mol. The Hall–Kier alpha value is -3.46. The van der Waals surface area contributed by atoms with Gasteiger partial charge < -0.3 is 20.1 Å². The van der Waals surface area contributed by atoms with E-state index in [1.807, 2.05) is 61.7 Å². The summed E-state index contributed by atoms with van der Waals surface area (Å²) in [5, 5.41) is 11.4. The Balaban J connectivity index is 1.60. The minimum Gasteiger partial charge on any atom is -0.454 e. The van der Waals surface area contributed by atoms with Crippen LogP contribution in [0.5, 0.6) is 11.5 Å². The van der Waals surface area contributed by atoms with E-state index in [0.717, 1.165) is 16.9 Å². The van der Waals surface area contributed by atoms with Gasteiger partial charge in [0.15, 0.2) is 11.5 Å². The molecule has 9 heteroatoms. The summed E-state index contributed by atoms with van der Waals surface area (Å²) in [6, 6.07) is 14.6. The van der Waals surface area contributed by atoms with Crippen LogP contribution in [-0.4, -0.2) is 33.7 Å². The number of anilines is 2. The number of hydrogen-bond donors (Lipinski definition) is 2. The number of thioether (sulfide) groups is 1. The van der Waals surface area contributed by atoms with Gasteiger partial charge in [-0.1, -0.05) is 36.0 Å². The number of ether oxygens (including phenoxy) is 2. The SMILES string of the molecule is CSc1nc2n(n1)C(c1ccc3c(c1)OCO3)C(C(=O)Nc1ccccc1)=C(C)N2. The van der Waals surface area contributed by atoms with Crippen molar-refractivity contribution in [1.82, 2.24) is 14.8 Å². The fourth-order valence-corrected chi connectivity index (χ4v) is 3.97. The molecule has 0 spiro atoms. The predicted octanol–water partition coefficient (Wildman–Crippen LogP) is 3.66. The first-order valence-corrected chi connectivity index (χ1v) is 10.6. The van der Waals surface area contributed by atoms with Crippen molar-refractivity contribution in [3.05, 3.63) is 65.4 Å². The number of allylic oxidation sites excluding steroid dienone is 1. The molecule has 3 heterocycles. The minimum absolute atomic E-state index is 0.187. The third-order valence-corrected chi connectivity index (χ3v) is 5.54. The zero-order chi connectivity index (χ0) is 20.7. The molecule has 2 N–H and O–H groups in total. The second-order valence-electron chi connectivity index (χ2n) is 6.87. The fraction of sp³-hybridized carbons (Fsp3) is 0.190. The molecule has 1 amide bonds. The van der Waals surface area contributed by atoms with Gasteiger partial charge in [-0.2, -0.15) is 4.98 Å². The van der Waals surface area contributed by atoms with Crippen molar-refractivity contribution in [2.75, 3.05) is 23.7 Å². The van der Waals surface area contributed by atoms with Crippen molar-refractivity contribution in [2.24, 2.45) is 0 Å². The van der Waals surface area contributed by atoms with Gasteiger partial charge in [-0.05, 0) is 43.0 Å². The Labute approximate surface area is 177 Å². The molecule has 2 aromatic carbocycles. The van der Waals surface area contributed by atoms with Crippen LogP contribution >= 0.6 is 11.8 Å². The van der Waals surface area contributed by atoms with Crippen molar-refractivity contribution in [1.29, 1.82) is 0 Å². The number of carbonyl (C=O) groups excluding carboxylic acids is 1. The first kappa shape index (κ1) is 18.6. The highest BCUT2D eigenvalue weighted by atomic mass is 32.2. The molecule has 5 rings (SSSR count). The molecule has 0 saturated carbocycles. The summed E-state index contributed by atoms with van der Waals surface area (Å²) in [6.07, 6.45) is 1.92. The van der Waals surface area contributed by atoms with Gasteiger partial charge in [-0.15, -0.1) is 5.10 Å². The summed E-state index contributed by atoms with van der Waals surface area (Å²) in [7, 11) is 0. The first-order valence-electron chi connectivity index (χ1n) is 9.38. The normalized spacial score (nSPS) is 16.8. The monoisotopic (exact) mass is 421 g/mol. The van der Waals surface area contributed by atoms with E-state index >= 15 is 0 Å². The Morgan fingerprint density at radius 1 is 1.20 bits per heavy atom. The summed E-state index contributed by atoms with van der Waals surface area (Å²) < 4.78 is 12.7. The minimum atomic E-state index is -0.465. The van der Waals surface area contributed by atoms with E-state index in [9.17, 15) is 4.79 Å². The number of aromatic nitrogens is 3. The van der Waals surface area contributed by atoms with Gasteiger partial charge in [-0.3, -0.25) is 4.79 Å². The van der Waals surface area contributed by atoms with Gasteiger partial charge in [0, 0.05) is 11.4 Å². The van der Waals surface area contributed by atoms with Crippen LogP contribution in [0.1, 0.15) is 18.5 Å². The van der Waals surface area contributed by atoms with Crippen LogP contribution in [0.25, 0.3) is 0 Å². The first-order chi connectivity index (χ1) is 14.6. The van der Waals surface area contributed by atoms with Crippen LogP contribution in [0.4, 0.5) is 11.6 Å². The van der Waals surface area contributed by atoms with Crippen LogP contribution in [0.2, 0.25) is 0 Å². The molecule has 0 bridgehead atoms. The molecule has 30 heavy (non-hydrogen) atoms. The molecule has 2 aliphatic heterocycles. The summed E-state index contributed by atoms with van der Waals surface area (Å²) in [5.41, 5.74) is 2.86. The molecule has 3 aromatic rings. The number of rotatable bonds is 4. The summed E-state index contributed by atoms with van der Waals surface area (Å²) in [4.78, 5) is 17.9. The number of para-hydroxylation sites is 1. The van der Waals surface area contributed by atoms with E-state index in [1.54, 1.807) is 4.68 Å². The second-order valence-corrected chi connectivity index (χ2v) is 7.64. The third kappa shape index (κ3) is 3.17. The van der Waals surface area contributed by atoms with E-state index in [0.29, 0.717) is 28.2 Å². The molecule has 0 radical (unpaired) electrons.